The Morgan fingerprint density at radius 3 is 2.88 bits per heavy atom. The van der Waals surface area contributed by atoms with Crippen LogP contribution in [-0.4, -0.2) is 33.7 Å². The smallest absolute Gasteiger partial charge is 0.257 e. The first-order valence-corrected chi connectivity index (χ1v) is 9.06. The van der Waals surface area contributed by atoms with E-state index in [-0.39, 0.29) is 11.7 Å². The zero-order valence-electron chi connectivity index (χ0n) is 15.3. The third-order valence-corrected chi connectivity index (χ3v) is 5.09. The molecule has 0 saturated carbocycles. The predicted octanol–water partition coefficient (Wildman–Crippen LogP) is 3.75. The minimum atomic E-state index is -0.161. The summed E-state index contributed by atoms with van der Waals surface area (Å²) in [7, 11) is 0. The highest BCUT2D eigenvalue weighted by Gasteiger charge is 2.28. The highest BCUT2D eigenvalue weighted by atomic mass is 19.1. The van der Waals surface area contributed by atoms with Gasteiger partial charge in [0.05, 0.1) is 11.8 Å². The molecule has 1 saturated heterocycles. The molecule has 1 atom stereocenters. The molecule has 1 aliphatic heterocycles. The van der Waals surface area contributed by atoms with Crippen molar-refractivity contribution >= 4 is 5.91 Å². The fourth-order valence-corrected chi connectivity index (χ4v) is 3.61. The normalized spacial score (nSPS) is 17.3. The third kappa shape index (κ3) is 3.75. The van der Waals surface area contributed by atoms with Crippen LogP contribution in [-0.2, 0) is 13.0 Å². The molecule has 2 heterocycles. The van der Waals surface area contributed by atoms with Crippen molar-refractivity contribution in [2.75, 3.05) is 13.1 Å². The maximum Gasteiger partial charge on any atom is 0.257 e. The van der Waals surface area contributed by atoms with Crippen LogP contribution in [0.1, 0.15) is 46.9 Å². The van der Waals surface area contributed by atoms with Gasteiger partial charge in [-0.25, -0.2) is 4.39 Å². The van der Waals surface area contributed by atoms with E-state index < -0.39 is 0 Å². The Labute approximate surface area is 148 Å². The largest absolute Gasteiger partial charge is 0.338 e. The first kappa shape index (κ1) is 17.6. The predicted molar refractivity (Wildman–Crippen MR) is 96.1 cm³/mol. The van der Waals surface area contributed by atoms with E-state index in [4.69, 9.17) is 0 Å². The molecule has 1 aromatic heterocycles. The van der Waals surface area contributed by atoms with Gasteiger partial charge in [0.25, 0.3) is 5.91 Å². The van der Waals surface area contributed by atoms with Crippen molar-refractivity contribution in [1.29, 1.82) is 0 Å². The van der Waals surface area contributed by atoms with Gasteiger partial charge in [0.1, 0.15) is 5.82 Å². The summed E-state index contributed by atoms with van der Waals surface area (Å²) in [6.45, 7) is 8.23. The summed E-state index contributed by atoms with van der Waals surface area (Å²) in [4.78, 5) is 14.7. The second kappa shape index (κ2) is 7.38. The zero-order chi connectivity index (χ0) is 18.0. The van der Waals surface area contributed by atoms with Crippen molar-refractivity contribution in [1.82, 2.24) is 14.7 Å². The fourth-order valence-electron chi connectivity index (χ4n) is 3.61. The monoisotopic (exact) mass is 343 g/mol. The number of hydrogen-bond donors (Lipinski definition) is 0. The highest BCUT2D eigenvalue weighted by molar-refractivity contribution is 5.95. The molecule has 5 heteroatoms. The molecule has 0 aliphatic carbocycles. The average Bonchev–Trinajstić information content (AvgIpc) is 3.19. The summed E-state index contributed by atoms with van der Waals surface area (Å²) < 4.78 is 15.3. The standard InChI is InChI=1S/C20H26FN3O/c1-4-8-24-15(3)18(12-22-24)20(25)23-9-7-17(13-23)11-16-5-6-19(21)14(2)10-16/h5-6,10,12,17H,4,7-9,11,13H2,1-3H3. The van der Waals surface area contributed by atoms with Gasteiger partial charge >= 0.3 is 0 Å². The number of aryl methyl sites for hydroxylation is 2. The summed E-state index contributed by atoms with van der Waals surface area (Å²) in [5.41, 5.74) is 3.49. The Bertz CT molecular complexity index is 768. The first-order valence-electron chi connectivity index (χ1n) is 9.06. The molecule has 0 bridgehead atoms. The van der Waals surface area contributed by atoms with Gasteiger partial charge in [0, 0.05) is 25.3 Å². The minimum Gasteiger partial charge on any atom is -0.338 e. The van der Waals surface area contributed by atoms with E-state index in [0.29, 0.717) is 17.0 Å². The summed E-state index contributed by atoms with van der Waals surface area (Å²) in [5, 5.41) is 4.34. The Kier molecular flexibility index (Phi) is 5.21. The van der Waals surface area contributed by atoms with E-state index in [1.807, 2.05) is 28.6 Å². The van der Waals surface area contributed by atoms with Crippen LogP contribution in [0.3, 0.4) is 0 Å². The fraction of sp³-hybridized carbons (Fsp3) is 0.500. The van der Waals surface area contributed by atoms with Crippen molar-refractivity contribution < 1.29 is 9.18 Å². The van der Waals surface area contributed by atoms with Gasteiger partial charge < -0.3 is 4.90 Å². The van der Waals surface area contributed by atoms with Crippen LogP contribution >= 0.6 is 0 Å². The topological polar surface area (TPSA) is 38.1 Å². The van der Waals surface area contributed by atoms with Gasteiger partial charge in [-0.15, -0.1) is 0 Å². The van der Waals surface area contributed by atoms with Gasteiger partial charge in [-0.2, -0.15) is 5.10 Å². The van der Waals surface area contributed by atoms with E-state index in [1.54, 1.807) is 13.1 Å². The van der Waals surface area contributed by atoms with E-state index in [0.717, 1.165) is 50.2 Å². The van der Waals surface area contributed by atoms with Crippen molar-refractivity contribution in [2.24, 2.45) is 5.92 Å². The Balaban J connectivity index is 1.64. The lowest BCUT2D eigenvalue weighted by Gasteiger charge is -2.16. The number of halogens is 1. The number of rotatable bonds is 5. The maximum atomic E-state index is 13.4. The number of carbonyl (C=O) groups excluding carboxylic acids is 1. The molecule has 0 radical (unpaired) electrons. The molecule has 25 heavy (non-hydrogen) atoms. The summed E-state index contributed by atoms with van der Waals surface area (Å²) >= 11 is 0. The van der Waals surface area contributed by atoms with Gasteiger partial charge in [-0.3, -0.25) is 9.48 Å². The summed E-state index contributed by atoms with van der Waals surface area (Å²) in [5.74, 6) is 0.351. The van der Waals surface area contributed by atoms with Crippen LogP contribution in [0.4, 0.5) is 4.39 Å². The molecular weight excluding hydrogens is 317 g/mol. The van der Waals surface area contributed by atoms with Crippen LogP contribution in [0.5, 0.6) is 0 Å². The molecule has 1 fully saturated rings. The van der Waals surface area contributed by atoms with Gasteiger partial charge in [0.2, 0.25) is 0 Å². The lowest BCUT2D eigenvalue weighted by Crippen LogP contribution is -2.29. The lowest BCUT2D eigenvalue weighted by atomic mass is 9.97. The highest BCUT2D eigenvalue weighted by Crippen LogP contribution is 2.24. The van der Waals surface area contributed by atoms with Crippen molar-refractivity contribution in [3.63, 3.8) is 0 Å². The van der Waals surface area contributed by atoms with Crippen molar-refractivity contribution in [3.05, 3.63) is 52.6 Å². The molecule has 1 aromatic carbocycles. The van der Waals surface area contributed by atoms with Crippen LogP contribution in [0.15, 0.2) is 24.4 Å². The zero-order valence-corrected chi connectivity index (χ0v) is 15.3. The van der Waals surface area contributed by atoms with E-state index in [2.05, 4.69) is 12.0 Å². The average molecular weight is 343 g/mol. The number of likely N-dealkylation sites (tertiary alicyclic amines) is 1. The minimum absolute atomic E-state index is 0.0811. The molecule has 0 spiro atoms. The van der Waals surface area contributed by atoms with Gasteiger partial charge in [0.15, 0.2) is 0 Å². The van der Waals surface area contributed by atoms with Gasteiger partial charge in [-0.1, -0.05) is 19.1 Å². The SMILES string of the molecule is CCCn1ncc(C(=O)N2CCC(Cc3ccc(F)c(C)c3)C2)c1C. The molecule has 3 rings (SSSR count). The maximum absolute atomic E-state index is 13.4. The Morgan fingerprint density at radius 1 is 1.36 bits per heavy atom. The first-order chi connectivity index (χ1) is 12.0. The third-order valence-electron chi connectivity index (χ3n) is 5.09. The Hall–Kier alpha value is -2.17. The number of amides is 1. The van der Waals surface area contributed by atoms with E-state index in [9.17, 15) is 9.18 Å². The Morgan fingerprint density at radius 2 is 2.16 bits per heavy atom. The molecule has 1 unspecified atom stereocenters. The van der Waals surface area contributed by atoms with Crippen molar-refractivity contribution in [3.8, 4) is 0 Å². The molecule has 134 valence electrons. The number of benzene rings is 1. The number of nitrogens with zero attached hydrogens (tertiary/aromatic N) is 3. The molecule has 0 N–H and O–H groups in total. The summed E-state index contributed by atoms with van der Waals surface area (Å²) in [6, 6.07) is 5.30. The molecule has 4 nitrogen and oxygen atoms in total. The lowest BCUT2D eigenvalue weighted by molar-refractivity contribution is 0.0786. The van der Waals surface area contributed by atoms with E-state index in [1.165, 1.54) is 6.07 Å². The number of aromatic nitrogens is 2. The second-order valence-electron chi connectivity index (χ2n) is 7.06. The molecular formula is C20H26FN3O. The van der Waals surface area contributed by atoms with Crippen LogP contribution in [0.25, 0.3) is 0 Å². The molecule has 2 aromatic rings. The van der Waals surface area contributed by atoms with Crippen LogP contribution < -0.4 is 0 Å². The van der Waals surface area contributed by atoms with Crippen LogP contribution in [0, 0.1) is 25.6 Å². The summed E-state index contributed by atoms with van der Waals surface area (Å²) in [6.07, 6.45) is 4.58. The second-order valence-corrected chi connectivity index (χ2v) is 7.06. The van der Waals surface area contributed by atoms with Crippen LogP contribution in [0.2, 0.25) is 0 Å². The van der Waals surface area contributed by atoms with Gasteiger partial charge in [-0.05, 0) is 56.2 Å². The van der Waals surface area contributed by atoms with Crippen molar-refractivity contribution in [2.45, 2.75) is 46.6 Å². The quantitative estimate of drug-likeness (QED) is 0.829. The number of carbonyl (C=O) groups is 1. The molecule has 1 aliphatic rings. The molecule has 1 amide bonds. The number of hydrogen-bond acceptors (Lipinski definition) is 2. The van der Waals surface area contributed by atoms with E-state index >= 15 is 0 Å².